The summed E-state index contributed by atoms with van der Waals surface area (Å²) < 4.78 is 0. The fraction of sp³-hybridized carbons (Fsp3) is 0.800. The maximum atomic E-state index is 3.84. The molecule has 0 bridgehead atoms. The summed E-state index contributed by atoms with van der Waals surface area (Å²) in [6.07, 6.45) is 4.17. The molecule has 0 atom stereocenters. The third-order valence-corrected chi connectivity index (χ3v) is 1.22. The molecular formula is C5H9BrMg. The van der Waals surface area contributed by atoms with Crippen molar-refractivity contribution in [2.24, 2.45) is 5.92 Å². The predicted molar refractivity (Wildman–Crippen MR) is 28.5 cm³/mol. The van der Waals surface area contributed by atoms with Crippen molar-refractivity contribution in [3.8, 4) is 0 Å². The molecule has 1 saturated carbocycles. The molecule has 0 spiro atoms. The fourth-order valence-corrected chi connectivity index (χ4v) is 0.493. The third-order valence-electron chi connectivity index (χ3n) is 1.22. The summed E-state index contributed by atoms with van der Waals surface area (Å²) in [6.45, 7) is 3.84. The van der Waals surface area contributed by atoms with E-state index in [-0.39, 0.29) is 40.0 Å². The van der Waals surface area contributed by atoms with Gasteiger partial charge in [-0.1, -0.05) is 19.3 Å². The molecule has 0 radical (unpaired) electrons. The van der Waals surface area contributed by atoms with Crippen molar-refractivity contribution in [2.45, 2.75) is 19.3 Å². The summed E-state index contributed by atoms with van der Waals surface area (Å²) in [5.74, 6) is 0.815. The van der Waals surface area contributed by atoms with Crippen LogP contribution in [-0.4, -0.2) is 23.1 Å². The van der Waals surface area contributed by atoms with Crippen LogP contribution in [0.15, 0.2) is 0 Å². The zero-order chi connectivity index (χ0) is 3.70. The van der Waals surface area contributed by atoms with E-state index in [9.17, 15) is 0 Å². The SMILES string of the molecule is [Br-].[CH2-]C1CCC1.[Mg+2]. The third kappa shape index (κ3) is 3.80. The fourth-order valence-electron chi connectivity index (χ4n) is 0.493. The van der Waals surface area contributed by atoms with Gasteiger partial charge in [0.1, 0.15) is 0 Å². The minimum Gasteiger partial charge on any atom is -1.00 e. The average Bonchev–Trinajstić information content (AvgIpc) is 1.30. The van der Waals surface area contributed by atoms with Gasteiger partial charge >= 0.3 is 23.1 Å². The van der Waals surface area contributed by atoms with Crippen LogP contribution in [0.3, 0.4) is 0 Å². The van der Waals surface area contributed by atoms with Gasteiger partial charge in [0.2, 0.25) is 0 Å². The molecule has 7 heavy (non-hydrogen) atoms. The van der Waals surface area contributed by atoms with Crippen LogP contribution in [-0.2, 0) is 0 Å². The van der Waals surface area contributed by atoms with Gasteiger partial charge in [0, 0.05) is 0 Å². The first kappa shape index (κ1) is 11.1. The van der Waals surface area contributed by atoms with Crippen molar-refractivity contribution in [1.29, 1.82) is 0 Å². The van der Waals surface area contributed by atoms with Crippen molar-refractivity contribution in [1.82, 2.24) is 0 Å². The Morgan fingerprint density at radius 1 is 1.29 bits per heavy atom. The van der Waals surface area contributed by atoms with E-state index in [1.807, 2.05) is 0 Å². The van der Waals surface area contributed by atoms with Gasteiger partial charge in [-0.15, -0.1) is 0 Å². The van der Waals surface area contributed by atoms with Gasteiger partial charge in [-0.25, -0.2) is 0 Å². The molecule has 0 amide bonds. The molecule has 1 aliphatic carbocycles. The first-order valence-corrected chi connectivity index (χ1v) is 2.22. The van der Waals surface area contributed by atoms with Crippen molar-refractivity contribution in [3.05, 3.63) is 6.92 Å². The topological polar surface area (TPSA) is 0 Å². The van der Waals surface area contributed by atoms with E-state index in [1.165, 1.54) is 19.3 Å². The Balaban J connectivity index is 0. The van der Waals surface area contributed by atoms with Gasteiger partial charge in [-0.3, -0.25) is 0 Å². The van der Waals surface area contributed by atoms with Gasteiger partial charge in [-0.2, -0.15) is 5.92 Å². The summed E-state index contributed by atoms with van der Waals surface area (Å²) in [6, 6.07) is 0. The van der Waals surface area contributed by atoms with E-state index in [0.29, 0.717) is 0 Å². The number of rotatable bonds is 0. The monoisotopic (exact) mass is 172 g/mol. The van der Waals surface area contributed by atoms with Gasteiger partial charge in [-0.05, 0) is 0 Å². The second kappa shape index (κ2) is 5.38. The summed E-state index contributed by atoms with van der Waals surface area (Å²) in [5, 5.41) is 0. The Hall–Kier alpha value is 1.25. The molecule has 0 heterocycles. The predicted octanol–water partition coefficient (Wildman–Crippen LogP) is -1.76. The minimum atomic E-state index is 0. The van der Waals surface area contributed by atoms with Crippen molar-refractivity contribution >= 4 is 23.1 Å². The number of hydrogen-bond donors (Lipinski definition) is 0. The number of halogens is 1. The second-order valence-electron chi connectivity index (χ2n) is 1.80. The molecule has 0 saturated heterocycles. The Kier molecular flexibility index (Phi) is 8.54. The standard InChI is InChI=1S/C5H9.BrH.Mg/c1-5-3-2-4-5;;/h5H,1-4H2;1H;/q-1;;+2/p-1. The second-order valence-corrected chi connectivity index (χ2v) is 1.80. The summed E-state index contributed by atoms with van der Waals surface area (Å²) in [4.78, 5) is 0. The van der Waals surface area contributed by atoms with Crippen LogP contribution in [0.5, 0.6) is 0 Å². The Labute approximate surface area is 72.0 Å². The first-order valence-electron chi connectivity index (χ1n) is 2.22. The quantitative estimate of drug-likeness (QED) is 0.301. The zero-order valence-corrected chi connectivity index (χ0v) is 7.49. The van der Waals surface area contributed by atoms with E-state index in [2.05, 4.69) is 6.92 Å². The van der Waals surface area contributed by atoms with Gasteiger partial charge < -0.3 is 23.9 Å². The summed E-state index contributed by atoms with van der Waals surface area (Å²) >= 11 is 0. The Morgan fingerprint density at radius 3 is 1.57 bits per heavy atom. The van der Waals surface area contributed by atoms with Crippen LogP contribution in [0.25, 0.3) is 0 Å². The largest absolute Gasteiger partial charge is 2.00 e. The Morgan fingerprint density at radius 2 is 1.57 bits per heavy atom. The van der Waals surface area contributed by atoms with Crippen molar-refractivity contribution < 1.29 is 17.0 Å². The van der Waals surface area contributed by atoms with E-state index >= 15 is 0 Å². The molecule has 1 rings (SSSR count). The van der Waals surface area contributed by atoms with Crippen LogP contribution in [0, 0.1) is 12.8 Å². The molecule has 0 aromatic heterocycles. The van der Waals surface area contributed by atoms with Crippen LogP contribution >= 0.6 is 0 Å². The molecule has 0 N–H and O–H groups in total. The molecule has 1 aliphatic rings. The molecule has 0 unspecified atom stereocenters. The molecule has 0 aromatic carbocycles. The zero-order valence-electron chi connectivity index (χ0n) is 4.49. The molecule has 2 heteroatoms. The molecular weight excluding hydrogens is 164 g/mol. The molecule has 0 nitrogen and oxygen atoms in total. The van der Waals surface area contributed by atoms with Crippen LogP contribution < -0.4 is 17.0 Å². The van der Waals surface area contributed by atoms with Crippen LogP contribution in [0.2, 0.25) is 0 Å². The van der Waals surface area contributed by atoms with Crippen LogP contribution in [0.4, 0.5) is 0 Å². The molecule has 1 fully saturated rings. The maximum absolute atomic E-state index is 3.84. The Bertz CT molecular complexity index is 35.1. The van der Waals surface area contributed by atoms with E-state index in [4.69, 9.17) is 0 Å². The minimum absolute atomic E-state index is 0. The van der Waals surface area contributed by atoms with E-state index < -0.39 is 0 Å². The van der Waals surface area contributed by atoms with Crippen LogP contribution in [0.1, 0.15) is 19.3 Å². The molecule has 38 valence electrons. The maximum Gasteiger partial charge on any atom is 2.00 e. The van der Waals surface area contributed by atoms with E-state index in [1.54, 1.807) is 0 Å². The molecule has 0 aliphatic heterocycles. The number of hydrogen-bond acceptors (Lipinski definition) is 0. The summed E-state index contributed by atoms with van der Waals surface area (Å²) in [5.41, 5.74) is 0. The smallest absolute Gasteiger partial charge is 1.00 e. The van der Waals surface area contributed by atoms with Gasteiger partial charge in [0.15, 0.2) is 0 Å². The van der Waals surface area contributed by atoms with Crippen molar-refractivity contribution in [2.75, 3.05) is 0 Å². The van der Waals surface area contributed by atoms with E-state index in [0.717, 1.165) is 5.92 Å². The average molecular weight is 173 g/mol. The van der Waals surface area contributed by atoms with Gasteiger partial charge in [0.05, 0.1) is 0 Å². The van der Waals surface area contributed by atoms with Gasteiger partial charge in [0.25, 0.3) is 0 Å². The normalized spacial score (nSPS) is 18.4. The van der Waals surface area contributed by atoms with Crippen molar-refractivity contribution in [3.63, 3.8) is 0 Å². The first-order chi connectivity index (χ1) is 2.39. The molecule has 0 aromatic rings. The summed E-state index contributed by atoms with van der Waals surface area (Å²) in [7, 11) is 0.